The molecular weight excluding hydrogens is 344 g/mol. The van der Waals surface area contributed by atoms with E-state index in [-0.39, 0.29) is 18.3 Å². The van der Waals surface area contributed by atoms with Gasteiger partial charge in [0.05, 0.1) is 18.3 Å². The predicted octanol–water partition coefficient (Wildman–Crippen LogP) is 3.38. The van der Waals surface area contributed by atoms with Gasteiger partial charge in [0.15, 0.2) is 0 Å². The van der Waals surface area contributed by atoms with Gasteiger partial charge in [-0.3, -0.25) is 4.79 Å². The molecule has 0 saturated heterocycles. The lowest BCUT2D eigenvalue weighted by molar-refractivity contribution is -0.136. The highest BCUT2D eigenvalue weighted by Crippen LogP contribution is 2.36. The fourth-order valence-electron chi connectivity index (χ4n) is 3.29. The summed E-state index contributed by atoms with van der Waals surface area (Å²) in [5.74, 6) is -1.07. The molecule has 0 spiro atoms. The number of aliphatic hydroxyl groups excluding tert-OH is 3. The van der Waals surface area contributed by atoms with Gasteiger partial charge in [-0.15, -0.1) is 0 Å². The van der Waals surface area contributed by atoms with Gasteiger partial charge in [-0.1, -0.05) is 55.5 Å². The monoisotopic (exact) mass is 378 g/mol. The maximum atomic E-state index is 10.4. The minimum atomic E-state index is -0.838. The SMILES string of the molecule is CC/C=C\C/C=C\C[C@@H]1[C@@H](/C=C/[C@@H](O)C/C=C\CCC(=O)O)[C@H](O)C[C@@H]1O. The van der Waals surface area contributed by atoms with E-state index >= 15 is 0 Å². The van der Waals surface area contributed by atoms with E-state index in [1.54, 1.807) is 18.2 Å². The summed E-state index contributed by atoms with van der Waals surface area (Å²) in [4.78, 5) is 10.4. The maximum Gasteiger partial charge on any atom is 0.303 e. The van der Waals surface area contributed by atoms with Gasteiger partial charge in [-0.05, 0) is 38.0 Å². The van der Waals surface area contributed by atoms with E-state index < -0.39 is 24.3 Å². The van der Waals surface area contributed by atoms with Crippen molar-refractivity contribution in [3.8, 4) is 0 Å². The first kappa shape index (κ1) is 23.3. The van der Waals surface area contributed by atoms with Gasteiger partial charge in [0.25, 0.3) is 0 Å². The van der Waals surface area contributed by atoms with Crippen molar-refractivity contribution in [2.24, 2.45) is 11.8 Å². The van der Waals surface area contributed by atoms with Crippen LogP contribution in [0.5, 0.6) is 0 Å². The fourth-order valence-corrected chi connectivity index (χ4v) is 3.29. The molecule has 152 valence electrons. The molecule has 0 radical (unpaired) electrons. The number of hydrogen-bond acceptors (Lipinski definition) is 4. The van der Waals surface area contributed by atoms with E-state index in [2.05, 4.69) is 25.2 Å². The van der Waals surface area contributed by atoms with Crippen LogP contribution in [0.25, 0.3) is 0 Å². The van der Waals surface area contributed by atoms with Crippen LogP contribution in [0.4, 0.5) is 0 Å². The Hall–Kier alpha value is -1.69. The summed E-state index contributed by atoms with van der Waals surface area (Å²) in [7, 11) is 0. The van der Waals surface area contributed by atoms with Gasteiger partial charge >= 0.3 is 5.97 Å². The molecule has 5 nitrogen and oxygen atoms in total. The average Bonchev–Trinajstić information content (AvgIpc) is 2.88. The van der Waals surface area contributed by atoms with Gasteiger partial charge in [-0.25, -0.2) is 0 Å². The highest BCUT2D eigenvalue weighted by molar-refractivity contribution is 5.66. The minimum absolute atomic E-state index is 0.0547. The number of carboxylic acids is 1. The van der Waals surface area contributed by atoms with Crippen molar-refractivity contribution in [2.45, 2.75) is 70.2 Å². The smallest absolute Gasteiger partial charge is 0.303 e. The van der Waals surface area contributed by atoms with Gasteiger partial charge in [0.2, 0.25) is 0 Å². The zero-order valence-corrected chi connectivity index (χ0v) is 16.2. The van der Waals surface area contributed by atoms with Gasteiger partial charge in [0, 0.05) is 18.8 Å². The molecule has 0 aromatic carbocycles. The summed E-state index contributed by atoms with van der Waals surface area (Å²) in [6.45, 7) is 2.09. The summed E-state index contributed by atoms with van der Waals surface area (Å²) >= 11 is 0. The van der Waals surface area contributed by atoms with E-state index in [1.165, 1.54) is 0 Å². The van der Waals surface area contributed by atoms with Crippen molar-refractivity contribution in [1.82, 2.24) is 0 Å². The van der Waals surface area contributed by atoms with Crippen molar-refractivity contribution in [2.75, 3.05) is 0 Å². The van der Waals surface area contributed by atoms with Crippen LogP contribution in [0.3, 0.4) is 0 Å². The zero-order chi connectivity index (χ0) is 20.1. The second-order valence-electron chi connectivity index (χ2n) is 7.03. The standard InChI is InChI=1S/C22H34O5/c1-2-3-4-5-6-9-12-18-19(21(25)16-20(18)24)15-14-17(23)11-8-7-10-13-22(26)27/h3-4,6-9,14-15,17-21,23-25H,2,5,10-13,16H2,1H3,(H,26,27)/b4-3-,8-7-,9-6-,15-14+/t17-,18+,19+,20-,21+/m0/s1. The molecule has 27 heavy (non-hydrogen) atoms. The van der Waals surface area contributed by atoms with Crippen LogP contribution >= 0.6 is 0 Å². The molecule has 0 aliphatic heterocycles. The molecule has 1 rings (SSSR count). The molecule has 0 bridgehead atoms. The maximum absolute atomic E-state index is 10.4. The Labute approximate surface area is 162 Å². The van der Waals surface area contributed by atoms with Crippen LogP contribution in [0.1, 0.15) is 51.9 Å². The Morgan fingerprint density at radius 1 is 1.07 bits per heavy atom. The normalized spacial score (nSPS) is 27.6. The lowest BCUT2D eigenvalue weighted by Gasteiger charge is -2.19. The molecule has 4 N–H and O–H groups in total. The molecule has 0 aromatic heterocycles. The molecule has 0 aromatic rings. The average molecular weight is 379 g/mol. The van der Waals surface area contributed by atoms with Gasteiger partial charge in [-0.2, -0.15) is 0 Å². The Balaban J connectivity index is 2.49. The number of aliphatic carboxylic acids is 1. The Morgan fingerprint density at radius 3 is 2.52 bits per heavy atom. The number of allylic oxidation sites excluding steroid dienone is 5. The third kappa shape index (κ3) is 9.70. The summed E-state index contributed by atoms with van der Waals surface area (Å²) in [6.07, 6.45) is 17.4. The van der Waals surface area contributed by atoms with E-state index in [9.17, 15) is 20.1 Å². The zero-order valence-electron chi connectivity index (χ0n) is 16.2. The fraction of sp³-hybridized carbons (Fsp3) is 0.591. The van der Waals surface area contributed by atoms with Gasteiger partial charge in [0.1, 0.15) is 0 Å². The van der Waals surface area contributed by atoms with Crippen LogP contribution < -0.4 is 0 Å². The third-order valence-corrected chi connectivity index (χ3v) is 4.79. The van der Waals surface area contributed by atoms with Crippen molar-refractivity contribution in [3.05, 3.63) is 48.6 Å². The van der Waals surface area contributed by atoms with Crippen molar-refractivity contribution in [3.63, 3.8) is 0 Å². The largest absolute Gasteiger partial charge is 0.481 e. The third-order valence-electron chi connectivity index (χ3n) is 4.79. The van der Waals surface area contributed by atoms with Crippen LogP contribution in [0.2, 0.25) is 0 Å². The number of hydrogen-bond donors (Lipinski definition) is 4. The van der Waals surface area contributed by atoms with Crippen LogP contribution in [0.15, 0.2) is 48.6 Å². The van der Waals surface area contributed by atoms with E-state index in [0.29, 0.717) is 25.7 Å². The molecule has 0 heterocycles. The lowest BCUT2D eigenvalue weighted by Crippen LogP contribution is -2.20. The first-order valence-electron chi connectivity index (χ1n) is 9.85. The highest BCUT2D eigenvalue weighted by atomic mass is 16.4. The Kier molecular flexibility index (Phi) is 11.7. The van der Waals surface area contributed by atoms with E-state index in [0.717, 1.165) is 12.8 Å². The van der Waals surface area contributed by atoms with E-state index in [4.69, 9.17) is 5.11 Å². The number of rotatable bonds is 12. The van der Waals surface area contributed by atoms with Crippen LogP contribution in [-0.2, 0) is 4.79 Å². The number of aliphatic hydroxyl groups is 3. The quantitative estimate of drug-likeness (QED) is 0.390. The summed E-state index contributed by atoms with van der Waals surface area (Å²) in [5, 5.41) is 39.0. The van der Waals surface area contributed by atoms with Crippen molar-refractivity contribution in [1.29, 1.82) is 0 Å². The molecule has 1 fully saturated rings. The van der Waals surface area contributed by atoms with Crippen molar-refractivity contribution >= 4 is 5.97 Å². The van der Waals surface area contributed by atoms with Crippen molar-refractivity contribution < 1.29 is 25.2 Å². The first-order chi connectivity index (χ1) is 13.0. The molecule has 5 atom stereocenters. The molecule has 5 heteroatoms. The highest BCUT2D eigenvalue weighted by Gasteiger charge is 2.39. The minimum Gasteiger partial charge on any atom is -0.481 e. The summed E-state index contributed by atoms with van der Waals surface area (Å²) < 4.78 is 0. The van der Waals surface area contributed by atoms with Crippen LogP contribution in [0, 0.1) is 11.8 Å². The molecule has 0 amide bonds. The summed E-state index contributed by atoms with van der Waals surface area (Å²) in [5.41, 5.74) is 0. The number of carboxylic acid groups (broad SMARTS) is 1. The van der Waals surface area contributed by atoms with E-state index in [1.807, 2.05) is 12.2 Å². The topological polar surface area (TPSA) is 98.0 Å². The molecule has 0 unspecified atom stereocenters. The molecule has 1 saturated carbocycles. The Bertz CT molecular complexity index is 535. The molecular formula is C22H34O5. The number of carbonyl (C=O) groups is 1. The Morgan fingerprint density at radius 2 is 1.81 bits per heavy atom. The van der Waals surface area contributed by atoms with Gasteiger partial charge < -0.3 is 20.4 Å². The van der Waals surface area contributed by atoms with Crippen LogP contribution in [-0.4, -0.2) is 44.7 Å². The summed E-state index contributed by atoms with van der Waals surface area (Å²) in [6, 6.07) is 0. The molecule has 1 aliphatic rings. The lowest BCUT2D eigenvalue weighted by atomic mass is 9.89. The second-order valence-corrected chi connectivity index (χ2v) is 7.03. The predicted molar refractivity (Wildman–Crippen MR) is 107 cm³/mol. The molecule has 1 aliphatic carbocycles. The second kappa shape index (κ2) is 13.5. The first-order valence-corrected chi connectivity index (χ1v) is 9.85.